The predicted octanol–water partition coefficient (Wildman–Crippen LogP) is 4.26. The first-order valence-electron chi connectivity index (χ1n) is 8.31. The van der Waals surface area contributed by atoms with Gasteiger partial charge in [0.15, 0.2) is 6.29 Å². The van der Waals surface area contributed by atoms with Gasteiger partial charge in [-0.3, -0.25) is 9.59 Å². The van der Waals surface area contributed by atoms with Crippen LogP contribution in [0.1, 0.15) is 29.6 Å². The molecule has 0 unspecified atom stereocenters. The van der Waals surface area contributed by atoms with Crippen molar-refractivity contribution in [3.05, 3.63) is 63.1 Å². The van der Waals surface area contributed by atoms with E-state index in [-0.39, 0.29) is 0 Å². The first-order valence-corrected chi connectivity index (χ1v) is 9.45. The molecule has 0 bridgehead atoms. The van der Waals surface area contributed by atoms with E-state index < -0.39 is 12.0 Å². The van der Waals surface area contributed by atoms with Gasteiger partial charge in [-0.05, 0) is 49.7 Å². The van der Waals surface area contributed by atoms with E-state index in [1.807, 2.05) is 12.1 Å². The van der Waals surface area contributed by atoms with Crippen LogP contribution in [0.15, 0.2) is 42.5 Å². The molecule has 0 aromatic heterocycles. The Morgan fingerprint density at radius 1 is 1.07 bits per heavy atom. The summed E-state index contributed by atoms with van der Waals surface area (Å²) in [6.45, 7) is 0.604. The van der Waals surface area contributed by atoms with E-state index in [2.05, 4.69) is 0 Å². The standard InChI is InChI=1S/C7H4Cl2O.C6H6ClN.C6H14N2O2/c8-6-2-1-5(4-10)7(9)3-6;7-5-3-1-2-4-6(5)8;7-4-2-1-3-5(8)6(9)10/h1-4H;1-4H,8H2;5H,1-4,7-8H2,(H,9,10)/t;;5-/m..0/s1. The van der Waals surface area contributed by atoms with Crippen LogP contribution in [0.5, 0.6) is 0 Å². The van der Waals surface area contributed by atoms with Crippen LogP contribution >= 0.6 is 34.8 Å². The van der Waals surface area contributed by atoms with Crippen molar-refractivity contribution in [2.24, 2.45) is 11.5 Å². The lowest BCUT2D eigenvalue weighted by molar-refractivity contribution is -0.138. The first kappa shape index (κ1) is 26.2. The van der Waals surface area contributed by atoms with Crippen LogP contribution in [0.25, 0.3) is 0 Å². The van der Waals surface area contributed by atoms with Crippen molar-refractivity contribution >= 4 is 52.7 Å². The third-order valence-electron chi connectivity index (χ3n) is 3.28. The average molecular weight is 449 g/mol. The van der Waals surface area contributed by atoms with Crippen molar-refractivity contribution in [3.63, 3.8) is 0 Å². The Morgan fingerprint density at radius 2 is 1.71 bits per heavy atom. The maximum atomic E-state index is 10.2. The number of hydrogen-bond donors (Lipinski definition) is 4. The Labute approximate surface area is 179 Å². The quantitative estimate of drug-likeness (QED) is 0.296. The number of carbonyl (C=O) groups excluding carboxylic acids is 1. The second-order valence-electron chi connectivity index (χ2n) is 5.53. The zero-order chi connectivity index (χ0) is 21.5. The van der Waals surface area contributed by atoms with Crippen LogP contribution in [-0.4, -0.2) is 29.9 Å². The number of carboxylic acid groups (broad SMARTS) is 1. The number of rotatable bonds is 6. The molecule has 0 fully saturated rings. The van der Waals surface area contributed by atoms with Crippen LogP contribution in [0.2, 0.25) is 15.1 Å². The average Bonchev–Trinajstić information content (AvgIpc) is 2.65. The highest BCUT2D eigenvalue weighted by Crippen LogP contribution is 2.19. The molecule has 2 aromatic carbocycles. The van der Waals surface area contributed by atoms with E-state index >= 15 is 0 Å². The number of benzene rings is 2. The van der Waals surface area contributed by atoms with E-state index in [4.69, 9.17) is 57.1 Å². The molecule has 0 spiro atoms. The Hall–Kier alpha value is -1.83. The Balaban J connectivity index is 0.000000393. The molecular weight excluding hydrogens is 425 g/mol. The number of hydrogen-bond acceptors (Lipinski definition) is 5. The van der Waals surface area contributed by atoms with E-state index in [1.165, 1.54) is 6.07 Å². The van der Waals surface area contributed by atoms with Gasteiger partial charge in [0.2, 0.25) is 0 Å². The minimum Gasteiger partial charge on any atom is -0.480 e. The fourth-order valence-corrected chi connectivity index (χ4v) is 2.29. The number of aldehydes is 1. The van der Waals surface area contributed by atoms with Gasteiger partial charge in [0, 0.05) is 10.6 Å². The molecule has 28 heavy (non-hydrogen) atoms. The van der Waals surface area contributed by atoms with Crippen molar-refractivity contribution in [3.8, 4) is 0 Å². The normalized spacial score (nSPS) is 10.6. The first-order chi connectivity index (χ1) is 13.2. The number of nitrogen functional groups attached to an aromatic ring is 1. The summed E-state index contributed by atoms with van der Waals surface area (Å²) >= 11 is 16.8. The van der Waals surface area contributed by atoms with Gasteiger partial charge >= 0.3 is 5.97 Å². The molecule has 0 amide bonds. The van der Waals surface area contributed by atoms with Crippen LogP contribution in [-0.2, 0) is 4.79 Å². The minimum absolute atomic E-state index is 0.391. The van der Waals surface area contributed by atoms with Gasteiger partial charge in [-0.25, -0.2) is 0 Å². The fraction of sp³-hybridized carbons (Fsp3) is 0.263. The molecule has 0 aliphatic rings. The topological polar surface area (TPSA) is 132 Å². The van der Waals surface area contributed by atoms with Gasteiger partial charge in [0.1, 0.15) is 6.04 Å². The molecule has 2 rings (SSSR count). The molecule has 0 saturated carbocycles. The molecular formula is C19H24Cl3N3O3. The zero-order valence-corrected chi connectivity index (χ0v) is 17.4. The molecule has 1 atom stereocenters. The SMILES string of the molecule is NCCCC[C@H](N)C(=O)O.Nc1ccccc1Cl.O=Cc1ccc(Cl)cc1Cl. The number of aliphatic carboxylic acids is 1. The molecule has 2 aromatic rings. The molecule has 6 nitrogen and oxygen atoms in total. The molecule has 0 aliphatic heterocycles. The number of para-hydroxylation sites is 1. The van der Waals surface area contributed by atoms with E-state index in [0.717, 1.165) is 12.8 Å². The Bertz CT molecular complexity index is 724. The second kappa shape index (κ2) is 15.1. The van der Waals surface area contributed by atoms with E-state index in [0.29, 0.717) is 45.6 Å². The van der Waals surface area contributed by atoms with Gasteiger partial charge in [0.05, 0.1) is 15.7 Å². The number of carbonyl (C=O) groups is 2. The Kier molecular flexibility index (Phi) is 14.1. The van der Waals surface area contributed by atoms with E-state index in [9.17, 15) is 9.59 Å². The predicted molar refractivity (Wildman–Crippen MR) is 116 cm³/mol. The summed E-state index contributed by atoms with van der Waals surface area (Å²) in [7, 11) is 0. The van der Waals surface area contributed by atoms with Crippen LogP contribution < -0.4 is 17.2 Å². The monoisotopic (exact) mass is 447 g/mol. The van der Waals surface area contributed by atoms with Crippen molar-refractivity contribution in [2.75, 3.05) is 12.3 Å². The van der Waals surface area contributed by atoms with Crippen molar-refractivity contribution < 1.29 is 14.7 Å². The minimum atomic E-state index is -0.933. The lowest BCUT2D eigenvalue weighted by atomic mass is 10.1. The summed E-state index contributed by atoms with van der Waals surface area (Å²) in [4.78, 5) is 20.3. The van der Waals surface area contributed by atoms with Crippen molar-refractivity contribution in [1.29, 1.82) is 0 Å². The summed E-state index contributed by atoms with van der Waals surface area (Å²) in [5.74, 6) is -0.933. The molecule has 0 radical (unpaired) electrons. The highest BCUT2D eigenvalue weighted by molar-refractivity contribution is 6.36. The largest absolute Gasteiger partial charge is 0.480 e. The molecule has 154 valence electrons. The van der Waals surface area contributed by atoms with Crippen LogP contribution in [0.4, 0.5) is 5.69 Å². The van der Waals surface area contributed by atoms with Gasteiger partial charge in [-0.1, -0.05) is 53.4 Å². The number of nitrogens with two attached hydrogens (primary N) is 3. The van der Waals surface area contributed by atoms with Crippen molar-refractivity contribution in [1.82, 2.24) is 0 Å². The molecule has 0 heterocycles. The number of halogens is 3. The van der Waals surface area contributed by atoms with Gasteiger partial charge in [0.25, 0.3) is 0 Å². The number of anilines is 1. The van der Waals surface area contributed by atoms with E-state index in [1.54, 1.807) is 24.3 Å². The third-order valence-corrected chi connectivity index (χ3v) is 4.19. The summed E-state index contributed by atoms with van der Waals surface area (Å²) < 4.78 is 0. The molecule has 7 N–H and O–H groups in total. The summed E-state index contributed by atoms with van der Waals surface area (Å²) in [6, 6.07) is 11.2. The van der Waals surface area contributed by atoms with Crippen LogP contribution in [0, 0.1) is 0 Å². The highest BCUT2D eigenvalue weighted by atomic mass is 35.5. The Morgan fingerprint density at radius 3 is 2.14 bits per heavy atom. The zero-order valence-electron chi connectivity index (χ0n) is 15.2. The number of carboxylic acids is 1. The lowest BCUT2D eigenvalue weighted by Crippen LogP contribution is -2.29. The van der Waals surface area contributed by atoms with Gasteiger partial charge in [-0.2, -0.15) is 0 Å². The highest BCUT2D eigenvalue weighted by Gasteiger charge is 2.09. The molecule has 9 heteroatoms. The maximum Gasteiger partial charge on any atom is 0.320 e. The summed E-state index contributed by atoms with van der Waals surface area (Å²) in [6.07, 6.45) is 2.86. The maximum absolute atomic E-state index is 10.2. The third kappa shape index (κ3) is 11.8. The summed E-state index contributed by atoms with van der Waals surface area (Å²) in [5.41, 5.74) is 16.9. The van der Waals surface area contributed by atoms with Gasteiger partial charge < -0.3 is 22.3 Å². The van der Waals surface area contributed by atoms with Gasteiger partial charge in [-0.15, -0.1) is 0 Å². The lowest BCUT2D eigenvalue weighted by Gasteiger charge is -2.03. The molecule has 0 aliphatic carbocycles. The fourth-order valence-electron chi connectivity index (χ4n) is 1.70. The smallest absolute Gasteiger partial charge is 0.320 e. The van der Waals surface area contributed by atoms with Crippen LogP contribution in [0.3, 0.4) is 0 Å². The van der Waals surface area contributed by atoms with Crippen molar-refractivity contribution in [2.45, 2.75) is 25.3 Å². The number of unbranched alkanes of at least 4 members (excludes halogenated alkanes) is 1. The second-order valence-corrected chi connectivity index (χ2v) is 6.79. The summed E-state index contributed by atoms with van der Waals surface area (Å²) in [5, 5.41) is 9.87. The molecule has 0 saturated heterocycles.